The lowest BCUT2D eigenvalue weighted by molar-refractivity contribution is -0.144. The second-order valence-electron chi connectivity index (χ2n) is 11.6. The molecule has 1 aliphatic rings. The first-order valence-electron chi connectivity index (χ1n) is 13.3. The molecule has 4 nitrogen and oxygen atoms in total. The van der Waals surface area contributed by atoms with Crippen LogP contribution in [0.15, 0.2) is 41.8 Å². The molecule has 2 amide bonds. The van der Waals surface area contributed by atoms with Crippen LogP contribution in [0.25, 0.3) is 0 Å². The zero-order valence-corrected chi connectivity index (χ0v) is 23.2. The van der Waals surface area contributed by atoms with E-state index in [4.69, 9.17) is 0 Å². The predicted molar refractivity (Wildman–Crippen MR) is 146 cm³/mol. The van der Waals surface area contributed by atoms with Crippen molar-refractivity contribution in [1.29, 1.82) is 0 Å². The third-order valence-electron chi connectivity index (χ3n) is 7.00. The van der Waals surface area contributed by atoms with Crippen LogP contribution in [-0.4, -0.2) is 34.2 Å². The molecule has 1 aromatic carbocycles. The summed E-state index contributed by atoms with van der Waals surface area (Å²) in [4.78, 5) is 32.5. The average molecular weight is 497 g/mol. The summed E-state index contributed by atoms with van der Waals surface area (Å²) in [6, 6.07) is 12.5. The Morgan fingerprint density at radius 1 is 1.00 bits per heavy atom. The SMILES string of the molecule is Cc1ccsc1CN(Cc1ccccc1)C(=O)CN(C(=O)CC(C)CC(C)(C)C)C1CCCCC1. The summed E-state index contributed by atoms with van der Waals surface area (Å²) < 4.78 is 0. The first-order chi connectivity index (χ1) is 16.6. The van der Waals surface area contributed by atoms with E-state index in [0.717, 1.165) is 37.7 Å². The van der Waals surface area contributed by atoms with Crippen molar-refractivity contribution in [2.75, 3.05) is 6.54 Å². The van der Waals surface area contributed by atoms with Crippen LogP contribution in [-0.2, 0) is 22.7 Å². The van der Waals surface area contributed by atoms with E-state index in [1.54, 1.807) is 11.3 Å². The monoisotopic (exact) mass is 496 g/mol. The van der Waals surface area contributed by atoms with Crippen LogP contribution < -0.4 is 0 Å². The molecule has 1 aromatic heterocycles. The van der Waals surface area contributed by atoms with Crippen LogP contribution in [0.1, 0.15) is 88.6 Å². The highest BCUT2D eigenvalue weighted by molar-refractivity contribution is 7.10. The van der Waals surface area contributed by atoms with E-state index in [2.05, 4.69) is 58.2 Å². The molecule has 35 heavy (non-hydrogen) atoms. The van der Waals surface area contributed by atoms with E-state index in [-0.39, 0.29) is 29.8 Å². The van der Waals surface area contributed by atoms with E-state index < -0.39 is 0 Å². The topological polar surface area (TPSA) is 40.6 Å². The van der Waals surface area contributed by atoms with Crippen molar-refractivity contribution in [3.8, 4) is 0 Å². The number of nitrogens with zero attached hydrogens (tertiary/aromatic N) is 2. The van der Waals surface area contributed by atoms with Crippen molar-refractivity contribution in [3.05, 3.63) is 57.8 Å². The maximum Gasteiger partial charge on any atom is 0.242 e. The van der Waals surface area contributed by atoms with Crippen LogP contribution in [0.3, 0.4) is 0 Å². The van der Waals surface area contributed by atoms with E-state index in [1.807, 2.05) is 28.0 Å². The predicted octanol–water partition coefficient (Wildman–Crippen LogP) is 7.21. The van der Waals surface area contributed by atoms with Gasteiger partial charge in [0.15, 0.2) is 0 Å². The lowest BCUT2D eigenvalue weighted by Gasteiger charge is -2.36. The summed E-state index contributed by atoms with van der Waals surface area (Å²) in [7, 11) is 0. The van der Waals surface area contributed by atoms with Gasteiger partial charge in [-0.15, -0.1) is 11.3 Å². The highest BCUT2D eigenvalue weighted by Crippen LogP contribution is 2.29. The molecule has 0 saturated heterocycles. The first-order valence-corrected chi connectivity index (χ1v) is 14.1. The summed E-state index contributed by atoms with van der Waals surface area (Å²) in [6.07, 6.45) is 7.05. The number of thiophene rings is 1. The Kier molecular flexibility index (Phi) is 9.97. The minimum absolute atomic E-state index is 0.0454. The number of aryl methyl sites for hydroxylation is 1. The summed E-state index contributed by atoms with van der Waals surface area (Å²) in [5.74, 6) is 0.496. The Bertz CT molecular complexity index is 941. The van der Waals surface area contributed by atoms with Gasteiger partial charge in [0, 0.05) is 23.9 Å². The molecule has 0 N–H and O–H groups in total. The Labute approximate surface area is 216 Å². The highest BCUT2D eigenvalue weighted by atomic mass is 32.1. The summed E-state index contributed by atoms with van der Waals surface area (Å²) in [6.45, 7) is 12.3. The van der Waals surface area contributed by atoms with Crippen LogP contribution >= 0.6 is 11.3 Å². The molecule has 2 aromatic rings. The van der Waals surface area contributed by atoms with Gasteiger partial charge in [-0.2, -0.15) is 0 Å². The molecule has 1 unspecified atom stereocenters. The zero-order valence-electron chi connectivity index (χ0n) is 22.4. The molecule has 0 aliphatic heterocycles. The average Bonchev–Trinajstić information content (AvgIpc) is 3.21. The van der Waals surface area contributed by atoms with Crippen LogP contribution in [0.5, 0.6) is 0 Å². The number of amides is 2. The minimum atomic E-state index is 0.0454. The summed E-state index contributed by atoms with van der Waals surface area (Å²) in [5.41, 5.74) is 2.53. The number of hydrogen-bond donors (Lipinski definition) is 0. The van der Waals surface area contributed by atoms with Gasteiger partial charge in [0.05, 0.1) is 6.54 Å². The van der Waals surface area contributed by atoms with Crippen molar-refractivity contribution >= 4 is 23.2 Å². The number of rotatable bonds is 10. The number of benzene rings is 1. The van der Waals surface area contributed by atoms with E-state index in [9.17, 15) is 9.59 Å². The lowest BCUT2D eigenvalue weighted by Crippen LogP contribution is -2.48. The lowest BCUT2D eigenvalue weighted by atomic mass is 9.84. The van der Waals surface area contributed by atoms with Crippen molar-refractivity contribution < 1.29 is 9.59 Å². The molecule has 1 atom stereocenters. The van der Waals surface area contributed by atoms with Crippen molar-refractivity contribution in [2.45, 2.75) is 98.7 Å². The number of hydrogen-bond acceptors (Lipinski definition) is 3. The Morgan fingerprint density at radius 3 is 2.29 bits per heavy atom. The molecule has 1 heterocycles. The zero-order chi connectivity index (χ0) is 25.4. The quantitative estimate of drug-likeness (QED) is 0.349. The molecule has 1 saturated carbocycles. The minimum Gasteiger partial charge on any atom is -0.332 e. The van der Waals surface area contributed by atoms with Crippen molar-refractivity contribution in [2.24, 2.45) is 11.3 Å². The van der Waals surface area contributed by atoms with Crippen molar-refractivity contribution in [1.82, 2.24) is 9.80 Å². The third-order valence-corrected chi connectivity index (χ3v) is 8.00. The molecule has 0 radical (unpaired) electrons. The van der Waals surface area contributed by atoms with Crippen LogP contribution in [0.2, 0.25) is 0 Å². The van der Waals surface area contributed by atoms with Gasteiger partial charge in [0.1, 0.15) is 6.54 Å². The number of carbonyl (C=O) groups excluding carboxylic acids is 2. The third kappa shape index (κ3) is 8.79. The van der Waals surface area contributed by atoms with Gasteiger partial charge in [-0.05, 0) is 60.1 Å². The fraction of sp³-hybridized carbons (Fsp3) is 0.600. The van der Waals surface area contributed by atoms with Crippen molar-refractivity contribution in [3.63, 3.8) is 0 Å². The molecule has 0 spiro atoms. The second kappa shape index (κ2) is 12.7. The fourth-order valence-electron chi connectivity index (χ4n) is 5.37. The standard InChI is InChI=1S/C30H44N2O2S/c1-23(19-30(3,4)5)18-28(33)32(26-14-10-7-11-15-26)22-29(34)31(20-25-12-8-6-9-13-25)21-27-24(2)16-17-35-27/h6,8-9,12-13,16-17,23,26H,7,10-11,14-15,18-22H2,1-5H3. The van der Waals surface area contributed by atoms with Gasteiger partial charge in [-0.25, -0.2) is 0 Å². The van der Waals surface area contributed by atoms with Gasteiger partial charge in [-0.3, -0.25) is 9.59 Å². The van der Waals surface area contributed by atoms with E-state index in [0.29, 0.717) is 25.4 Å². The smallest absolute Gasteiger partial charge is 0.242 e. The number of carbonyl (C=O) groups is 2. The van der Waals surface area contributed by atoms with Gasteiger partial charge < -0.3 is 9.80 Å². The summed E-state index contributed by atoms with van der Waals surface area (Å²) in [5, 5.41) is 2.09. The van der Waals surface area contributed by atoms with Gasteiger partial charge in [-0.1, -0.05) is 77.3 Å². The molecule has 1 aliphatic carbocycles. The van der Waals surface area contributed by atoms with Gasteiger partial charge in [0.25, 0.3) is 0 Å². The molecular weight excluding hydrogens is 452 g/mol. The fourth-order valence-corrected chi connectivity index (χ4v) is 6.29. The molecular formula is C30H44N2O2S. The molecule has 5 heteroatoms. The Morgan fingerprint density at radius 2 is 1.69 bits per heavy atom. The van der Waals surface area contributed by atoms with E-state index in [1.165, 1.54) is 16.9 Å². The van der Waals surface area contributed by atoms with Gasteiger partial charge in [0.2, 0.25) is 11.8 Å². The molecule has 0 bridgehead atoms. The van der Waals surface area contributed by atoms with Crippen LogP contribution in [0.4, 0.5) is 0 Å². The highest BCUT2D eigenvalue weighted by Gasteiger charge is 2.30. The normalized spacial score (nSPS) is 15.6. The van der Waals surface area contributed by atoms with Crippen LogP contribution in [0, 0.1) is 18.3 Å². The molecule has 192 valence electrons. The van der Waals surface area contributed by atoms with E-state index >= 15 is 0 Å². The maximum absolute atomic E-state index is 13.8. The Hall–Kier alpha value is -2.14. The second-order valence-corrected chi connectivity index (χ2v) is 12.7. The summed E-state index contributed by atoms with van der Waals surface area (Å²) >= 11 is 1.70. The Balaban J connectivity index is 1.78. The maximum atomic E-state index is 13.8. The largest absolute Gasteiger partial charge is 0.332 e. The first kappa shape index (κ1) is 27.4. The molecule has 1 fully saturated rings. The molecule has 3 rings (SSSR count). The van der Waals surface area contributed by atoms with Gasteiger partial charge >= 0.3 is 0 Å².